The van der Waals surface area contributed by atoms with Crippen LogP contribution in [0, 0.1) is 0 Å². The standard InChI is InChI=1S/C14H19N3O3/c1-4-15-8-10(2)9-17-12(18)14(3,16-13(17)19)11-6-5-7-20-11/h5-7,15H,2,4,8-9H2,1,3H3,(H,16,19). The van der Waals surface area contributed by atoms with E-state index in [-0.39, 0.29) is 12.5 Å². The Morgan fingerprint density at radius 2 is 2.30 bits per heavy atom. The van der Waals surface area contributed by atoms with Crippen LogP contribution in [0.2, 0.25) is 0 Å². The van der Waals surface area contributed by atoms with E-state index >= 15 is 0 Å². The number of carbonyl (C=O) groups excluding carboxylic acids is 2. The van der Waals surface area contributed by atoms with Crippen LogP contribution in [-0.4, -0.2) is 36.5 Å². The first-order valence-corrected chi connectivity index (χ1v) is 6.54. The number of imide groups is 1. The van der Waals surface area contributed by atoms with Gasteiger partial charge in [-0.05, 0) is 31.2 Å². The van der Waals surface area contributed by atoms with E-state index in [2.05, 4.69) is 17.2 Å². The lowest BCUT2D eigenvalue weighted by Crippen LogP contribution is -2.40. The lowest BCUT2D eigenvalue weighted by Gasteiger charge is -2.19. The molecule has 20 heavy (non-hydrogen) atoms. The minimum absolute atomic E-state index is 0.202. The van der Waals surface area contributed by atoms with Crippen LogP contribution in [0.25, 0.3) is 0 Å². The number of hydrogen-bond acceptors (Lipinski definition) is 4. The van der Waals surface area contributed by atoms with Gasteiger partial charge < -0.3 is 15.1 Å². The van der Waals surface area contributed by atoms with Crippen LogP contribution in [0.15, 0.2) is 35.0 Å². The molecule has 6 heteroatoms. The maximum Gasteiger partial charge on any atom is 0.325 e. The zero-order valence-corrected chi connectivity index (χ0v) is 11.7. The summed E-state index contributed by atoms with van der Waals surface area (Å²) < 4.78 is 5.26. The highest BCUT2D eigenvalue weighted by Crippen LogP contribution is 2.29. The summed E-state index contributed by atoms with van der Waals surface area (Å²) >= 11 is 0. The van der Waals surface area contributed by atoms with E-state index < -0.39 is 11.6 Å². The Morgan fingerprint density at radius 3 is 2.90 bits per heavy atom. The molecule has 1 aliphatic heterocycles. The molecule has 0 aliphatic carbocycles. The Bertz CT molecular complexity index is 524. The SMILES string of the molecule is C=C(CNCC)CN1C(=O)NC(C)(c2ccco2)C1=O. The van der Waals surface area contributed by atoms with Crippen LogP contribution in [0.5, 0.6) is 0 Å². The first kappa shape index (κ1) is 14.3. The second kappa shape index (κ2) is 5.50. The minimum atomic E-state index is -1.14. The average Bonchev–Trinajstić information content (AvgIpc) is 3.01. The van der Waals surface area contributed by atoms with Crippen molar-refractivity contribution in [3.63, 3.8) is 0 Å². The molecule has 2 N–H and O–H groups in total. The maximum absolute atomic E-state index is 12.5. The zero-order chi connectivity index (χ0) is 14.8. The molecule has 108 valence electrons. The van der Waals surface area contributed by atoms with Gasteiger partial charge in [0.15, 0.2) is 5.54 Å². The van der Waals surface area contributed by atoms with Crippen molar-refractivity contribution in [3.8, 4) is 0 Å². The monoisotopic (exact) mass is 277 g/mol. The number of nitrogens with zero attached hydrogens (tertiary/aromatic N) is 1. The number of furan rings is 1. The third-order valence-electron chi connectivity index (χ3n) is 3.30. The van der Waals surface area contributed by atoms with Crippen molar-refractivity contribution >= 4 is 11.9 Å². The van der Waals surface area contributed by atoms with Crippen molar-refractivity contribution in [2.24, 2.45) is 0 Å². The van der Waals surface area contributed by atoms with Crippen molar-refractivity contribution in [1.82, 2.24) is 15.5 Å². The van der Waals surface area contributed by atoms with Gasteiger partial charge >= 0.3 is 6.03 Å². The summed E-state index contributed by atoms with van der Waals surface area (Å²) in [6.45, 7) is 9.08. The molecule has 0 radical (unpaired) electrons. The van der Waals surface area contributed by atoms with Crippen molar-refractivity contribution in [2.45, 2.75) is 19.4 Å². The Morgan fingerprint density at radius 1 is 1.55 bits per heavy atom. The van der Waals surface area contributed by atoms with Gasteiger partial charge in [0, 0.05) is 6.54 Å². The van der Waals surface area contributed by atoms with E-state index in [0.717, 1.165) is 12.1 Å². The fourth-order valence-electron chi connectivity index (χ4n) is 2.15. The van der Waals surface area contributed by atoms with Crippen LogP contribution in [-0.2, 0) is 10.3 Å². The first-order chi connectivity index (χ1) is 9.49. The molecular weight excluding hydrogens is 258 g/mol. The van der Waals surface area contributed by atoms with Gasteiger partial charge in [0.1, 0.15) is 5.76 Å². The Labute approximate surface area is 117 Å². The van der Waals surface area contributed by atoms with Gasteiger partial charge in [0.2, 0.25) is 0 Å². The predicted octanol–water partition coefficient (Wildman–Crippen LogP) is 1.21. The number of rotatable bonds is 6. The van der Waals surface area contributed by atoms with Gasteiger partial charge in [-0.1, -0.05) is 13.5 Å². The number of amides is 3. The summed E-state index contributed by atoms with van der Waals surface area (Å²) in [6.07, 6.45) is 1.48. The molecule has 1 saturated heterocycles. The molecule has 1 aliphatic rings. The Kier molecular flexibility index (Phi) is 3.94. The second-order valence-corrected chi connectivity index (χ2v) is 4.95. The molecule has 1 fully saturated rings. The summed E-state index contributed by atoms with van der Waals surface area (Å²) in [5.74, 6) is 0.103. The van der Waals surface area contributed by atoms with Crippen LogP contribution >= 0.6 is 0 Å². The van der Waals surface area contributed by atoms with Gasteiger partial charge in [-0.3, -0.25) is 9.69 Å². The van der Waals surface area contributed by atoms with Gasteiger partial charge in [0.05, 0.1) is 12.8 Å². The van der Waals surface area contributed by atoms with Crippen molar-refractivity contribution in [3.05, 3.63) is 36.3 Å². The topological polar surface area (TPSA) is 74.6 Å². The zero-order valence-electron chi connectivity index (χ0n) is 11.7. The second-order valence-electron chi connectivity index (χ2n) is 4.95. The van der Waals surface area contributed by atoms with E-state index in [0.29, 0.717) is 12.3 Å². The molecule has 0 spiro atoms. The molecule has 0 bridgehead atoms. The fraction of sp³-hybridized carbons (Fsp3) is 0.429. The van der Waals surface area contributed by atoms with Crippen molar-refractivity contribution in [2.75, 3.05) is 19.6 Å². The summed E-state index contributed by atoms with van der Waals surface area (Å²) in [6, 6.07) is 2.94. The fourth-order valence-corrected chi connectivity index (χ4v) is 2.15. The quantitative estimate of drug-likeness (QED) is 0.605. The summed E-state index contributed by atoms with van der Waals surface area (Å²) in [7, 11) is 0. The van der Waals surface area contributed by atoms with E-state index in [1.807, 2.05) is 6.92 Å². The average molecular weight is 277 g/mol. The van der Waals surface area contributed by atoms with Crippen LogP contribution in [0.1, 0.15) is 19.6 Å². The van der Waals surface area contributed by atoms with Crippen LogP contribution in [0.4, 0.5) is 4.79 Å². The molecule has 2 rings (SSSR count). The van der Waals surface area contributed by atoms with E-state index in [1.165, 1.54) is 11.2 Å². The molecule has 1 aromatic heterocycles. The Hall–Kier alpha value is -2.08. The Balaban J connectivity index is 2.11. The van der Waals surface area contributed by atoms with Gasteiger partial charge in [-0.15, -0.1) is 0 Å². The third kappa shape index (κ3) is 2.46. The van der Waals surface area contributed by atoms with Crippen LogP contribution < -0.4 is 10.6 Å². The molecule has 1 atom stereocenters. The third-order valence-corrected chi connectivity index (χ3v) is 3.30. The summed E-state index contributed by atoms with van der Waals surface area (Å²) in [5.41, 5.74) is -0.363. The molecule has 0 saturated carbocycles. The number of carbonyl (C=O) groups is 2. The van der Waals surface area contributed by atoms with Gasteiger partial charge in [-0.25, -0.2) is 4.79 Å². The molecule has 1 unspecified atom stereocenters. The molecule has 1 aromatic rings. The van der Waals surface area contributed by atoms with Gasteiger partial charge in [-0.2, -0.15) is 0 Å². The van der Waals surface area contributed by atoms with Gasteiger partial charge in [0.25, 0.3) is 5.91 Å². The lowest BCUT2D eigenvalue weighted by atomic mass is 9.99. The number of likely N-dealkylation sites (N-methyl/N-ethyl adjacent to an activating group) is 1. The molecule has 0 aromatic carbocycles. The number of hydrogen-bond donors (Lipinski definition) is 2. The number of urea groups is 1. The molecule has 2 heterocycles. The van der Waals surface area contributed by atoms with Crippen molar-refractivity contribution in [1.29, 1.82) is 0 Å². The smallest absolute Gasteiger partial charge is 0.325 e. The van der Waals surface area contributed by atoms with Crippen LogP contribution in [0.3, 0.4) is 0 Å². The van der Waals surface area contributed by atoms with E-state index in [4.69, 9.17) is 4.42 Å². The highest BCUT2D eigenvalue weighted by Gasteiger charge is 2.50. The largest absolute Gasteiger partial charge is 0.466 e. The van der Waals surface area contributed by atoms with E-state index in [1.54, 1.807) is 19.1 Å². The first-order valence-electron chi connectivity index (χ1n) is 6.54. The van der Waals surface area contributed by atoms with Crippen molar-refractivity contribution < 1.29 is 14.0 Å². The lowest BCUT2D eigenvalue weighted by molar-refractivity contribution is -0.131. The summed E-state index contributed by atoms with van der Waals surface area (Å²) in [4.78, 5) is 25.6. The molecule has 6 nitrogen and oxygen atoms in total. The highest BCUT2D eigenvalue weighted by molar-refractivity contribution is 6.07. The minimum Gasteiger partial charge on any atom is -0.466 e. The molecule has 3 amide bonds. The van der Waals surface area contributed by atoms with E-state index in [9.17, 15) is 9.59 Å². The normalized spacial score (nSPS) is 22.2. The maximum atomic E-state index is 12.5. The number of nitrogens with one attached hydrogen (secondary N) is 2. The predicted molar refractivity (Wildman–Crippen MR) is 74.0 cm³/mol. The highest BCUT2D eigenvalue weighted by atomic mass is 16.3. The summed E-state index contributed by atoms with van der Waals surface area (Å²) in [5, 5.41) is 5.79. The molecular formula is C14H19N3O3.